The van der Waals surface area contributed by atoms with E-state index in [1.54, 1.807) is 7.11 Å². The second-order valence-electron chi connectivity index (χ2n) is 4.35. The minimum atomic E-state index is -0.174. The van der Waals surface area contributed by atoms with Gasteiger partial charge in [-0.05, 0) is 31.9 Å². The third kappa shape index (κ3) is 3.20. The molecular formula is C13H18N2O2. The van der Waals surface area contributed by atoms with Crippen LogP contribution in [0, 0.1) is 0 Å². The number of benzene rings is 1. The maximum absolute atomic E-state index is 11.9. The molecule has 0 saturated heterocycles. The quantitative estimate of drug-likeness (QED) is 0.816. The Bertz CT molecular complexity index is 402. The van der Waals surface area contributed by atoms with Crippen LogP contribution in [-0.4, -0.2) is 25.1 Å². The lowest BCUT2D eigenvalue weighted by Crippen LogP contribution is -2.39. The number of methoxy groups -OCH3 is 1. The Labute approximate surface area is 101 Å². The molecule has 1 atom stereocenters. The molecule has 0 radical (unpaired) electrons. The van der Waals surface area contributed by atoms with E-state index in [1.807, 2.05) is 31.2 Å². The topological polar surface area (TPSA) is 50.4 Å². The molecule has 0 bridgehead atoms. The van der Waals surface area contributed by atoms with E-state index in [-0.39, 0.29) is 11.9 Å². The van der Waals surface area contributed by atoms with E-state index in [0.717, 1.165) is 0 Å². The van der Waals surface area contributed by atoms with Crippen LogP contribution in [0.3, 0.4) is 0 Å². The summed E-state index contributed by atoms with van der Waals surface area (Å²) in [5.41, 5.74) is 0.712. The molecule has 1 amide bonds. The van der Waals surface area contributed by atoms with Gasteiger partial charge in [-0.3, -0.25) is 4.79 Å². The summed E-state index contributed by atoms with van der Waals surface area (Å²) in [6.07, 6.45) is 2.35. The predicted octanol–water partition coefficient (Wildman–Crippen LogP) is 1.77. The first-order chi connectivity index (χ1) is 8.20. The first-order valence-corrected chi connectivity index (χ1v) is 5.90. The summed E-state index contributed by atoms with van der Waals surface area (Å²) in [5, 5.41) is 6.13. The molecule has 2 rings (SSSR count). The number of para-hydroxylation sites is 2. The fourth-order valence-electron chi connectivity index (χ4n) is 1.67. The zero-order chi connectivity index (χ0) is 12.3. The Kier molecular flexibility index (Phi) is 3.64. The van der Waals surface area contributed by atoms with E-state index in [0.29, 0.717) is 17.5 Å². The Morgan fingerprint density at radius 3 is 2.76 bits per heavy atom. The Morgan fingerprint density at radius 2 is 2.12 bits per heavy atom. The van der Waals surface area contributed by atoms with Crippen molar-refractivity contribution in [3.63, 3.8) is 0 Å². The first-order valence-electron chi connectivity index (χ1n) is 5.90. The molecule has 1 aliphatic rings. The van der Waals surface area contributed by atoms with E-state index in [1.165, 1.54) is 12.8 Å². The first kappa shape index (κ1) is 11.9. The fraction of sp³-hybridized carbons (Fsp3) is 0.462. The summed E-state index contributed by atoms with van der Waals surface area (Å²) in [7, 11) is 1.59. The summed E-state index contributed by atoms with van der Waals surface area (Å²) in [6, 6.07) is 7.76. The lowest BCUT2D eigenvalue weighted by Gasteiger charge is -2.15. The number of carbonyl (C=O) groups is 1. The molecule has 0 spiro atoms. The highest BCUT2D eigenvalue weighted by Crippen LogP contribution is 2.23. The van der Waals surface area contributed by atoms with Crippen LogP contribution in [0.1, 0.15) is 19.8 Å². The monoisotopic (exact) mass is 234 g/mol. The van der Waals surface area contributed by atoms with Crippen LogP contribution in [0.15, 0.2) is 24.3 Å². The van der Waals surface area contributed by atoms with Crippen molar-refractivity contribution >= 4 is 11.6 Å². The number of rotatable bonds is 5. The molecule has 1 unspecified atom stereocenters. The number of carbonyl (C=O) groups excluding carboxylic acids is 1. The summed E-state index contributed by atoms with van der Waals surface area (Å²) < 4.78 is 5.18. The van der Waals surface area contributed by atoms with Crippen LogP contribution in [0.2, 0.25) is 0 Å². The van der Waals surface area contributed by atoms with Gasteiger partial charge in [-0.1, -0.05) is 12.1 Å². The number of ether oxygens (including phenoxy) is 1. The summed E-state index contributed by atoms with van der Waals surface area (Å²) in [6.45, 7) is 1.88. The van der Waals surface area contributed by atoms with E-state index < -0.39 is 0 Å². The Morgan fingerprint density at radius 1 is 1.41 bits per heavy atom. The van der Waals surface area contributed by atoms with Crippen molar-refractivity contribution in [2.75, 3.05) is 12.4 Å². The molecule has 1 aliphatic carbocycles. The standard InChI is InChI=1S/C13H18N2O2/c1-9(14-10-7-8-10)13(16)15-11-5-3-4-6-12(11)17-2/h3-6,9-10,14H,7-8H2,1-2H3,(H,15,16). The number of amides is 1. The lowest BCUT2D eigenvalue weighted by atomic mass is 10.2. The van der Waals surface area contributed by atoms with Crippen LogP contribution < -0.4 is 15.4 Å². The largest absolute Gasteiger partial charge is 0.495 e. The van der Waals surface area contributed by atoms with Crippen LogP contribution >= 0.6 is 0 Å². The molecule has 1 aromatic carbocycles. The molecule has 0 aromatic heterocycles. The van der Waals surface area contributed by atoms with Gasteiger partial charge in [0.1, 0.15) is 5.75 Å². The molecule has 1 saturated carbocycles. The highest BCUT2D eigenvalue weighted by atomic mass is 16.5. The molecule has 2 N–H and O–H groups in total. The van der Waals surface area contributed by atoms with Crippen molar-refractivity contribution in [1.29, 1.82) is 0 Å². The normalized spacial score (nSPS) is 16.4. The van der Waals surface area contributed by atoms with Crippen molar-refractivity contribution in [2.45, 2.75) is 31.8 Å². The van der Waals surface area contributed by atoms with Gasteiger partial charge in [-0.25, -0.2) is 0 Å². The van der Waals surface area contributed by atoms with Crippen molar-refractivity contribution in [3.05, 3.63) is 24.3 Å². The molecule has 0 aliphatic heterocycles. The van der Waals surface area contributed by atoms with Gasteiger partial charge in [-0.15, -0.1) is 0 Å². The second kappa shape index (κ2) is 5.19. The molecular weight excluding hydrogens is 216 g/mol. The van der Waals surface area contributed by atoms with Gasteiger partial charge in [-0.2, -0.15) is 0 Å². The molecule has 0 heterocycles. The van der Waals surface area contributed by atoms with E-state index >= 15 is 0 Å². The average molecular weight is 234 g/mol. The zero-order valence-electron chi connectivity index (χ0n) is 10.2. The number of hydrogen-bond donors (Lipinski definition) is 2. The minimum absolute atomic E-state index is 0.0265. The number of nitrogens with one attached hydrogen (secondary N) is 2. The van der Waals surface area contributed by atoms with Gasteiger partial charge in [0.05, 0.1) is 18.8 Å². The SMILES string of the molecule is COc1ccccc1NC(=O)C(C)NC1CC1. The maximum Gasteiger partial charge on any atom is 0.241 e. The van der Waals surface area contributed by atoms with Crippen LogP contribution in [0.25, 0.3) is 0 Å². The highest BCUT2D eigenvalue weighted by Gasteiger charge is 2.25. The average Bonchev–Trinajstić information content (AvgIpc) is 3.13. The van der Waals surface area contributed by atoms with Crippen molar-refractivity contribution in [1.82, 2.24) is 5.32 Å². The van der Waals surface area contributed by atoms with Crippen molar-refractivity contribution < 1.29 is 9.53 Å². The van der Waals surface area contributed by atoms with Crippen LogP contribution in [-0.2, 0) is 4.79 Å². The van der Waals surface area contributed by atoms with Crippen molar-refractivity contribution in [3.8, 4) is 5.75 Å². The fourth-order valence-corrected chi connectivity index (χ4v) is 1.67. The van der Waals surface area contributed by atoms with Gasteiger partial charge in [0.25, 0.3) is 0 Å². The number of hydrogen-bond acceptors (Lipinski definition) is 3. The molecule has 1 fully saturated rings. The van der Waals surface area contributed by atoms with Crippen molar-refractivity contribution in [2.24, 2.45) is 0 Å². The smallest absolute Gasteiger partial charge is 0.241 e. The van der Waals surface area contributed by atoms with Gasteiger partial charge < -0.3 is 15.4 Å². The highest BCUT2D eigenvalue weighted by molar-refractivity contribution is 5.95. The van der Waals surface area contributed by atoms with Gasteiger partial charge >= 0.3 is 0 Å². The second-order valence-corrected chi connectivity index (χ2v) is 4.35. The van der Waals surface area contributed by atoms with Gasteiger partial charge in [0.15, 0.2) is 0 Å². The lowest BCUT2D eigenvalue weighted by molar-refractivity contribution is -0.117. The molecule has 92 valence electrons. The van der Waals surface area contributed by atoms with Gasteiger partial charge in [0.2, 0.25) is 5.91 Å². The van der Waals surface area contributed by atoms with E-state index in [2.05, 4.69) is 10.6 Å². The third-order valence-corrected chi connectivity index (χ3v) is 2.82. The van der Waals surface area contributed by atoms with Gasteiger partial charge in [0, 0.05) is 6.04 Å². The number of anilines is 1. The van der Waals surface area contributed by atoms with Crippen LogP contribution in [0.5, 0.6) is 5.75 Å². The zero-order valence-corrected chi connectivity index (χ0v) is 10.2. The third-order valence-electron chi connectivity index (χ3n) is 2.82. The molecule has 17 heavy (non-hydrogen) atoms. The maximum atomic E-state index is 11.9. The van der Waals surface area contributed by atoms with Crippen LogP contribution in [0.4, 0.5) is 5.69 Å². The summed E-state index contributed by atoms with van der Waals surface area (Å²) >= 11 is 0. The Hall–Kier alpha value is -1.55. The summed E-state index contributed by atoms with van der Waals surface area (Å²) in [5.74, 6) is 0.654. The predicted molar refractivity (Wildman–Crippen MR) is 67.2 cm³/mol. The van der Waals surface area contributed by atoms with E-state index in [4.69, 9.17) is 4.74 Å². The van der Waals surface area contributed by atoms with E-state index in [9.17, 15) is 4.79 Å². The molecule has 4 nitrogen and oxygen atoms in total. The molecule has 1 aromatic rings. The Balaban J connectivity index is 1.96. The minimum Gasteiger partial charge on any atom is -0.495 e. The summed E-state index contributed by atoms with van der Waals surface area (Å²) in [4.78, 5) is 11.9. The molecule has 4 heteroatoms.